The summed E-state index contributed by atoms with van der Waals surface area (Å²) >= 11 is 6.36. The number of hydrogen-bond donors (Lipinski definition) is 0. The molecule has 27 heavy (non-hydrogen) atoms. The quantitative estimate of drug-likeness (QED) is 0.767. The van der Waals surface area contributed by atoms with Gasteiger partial charge in [0.05, 0.1) is 0 Å². The van der Waals surface area contributed by atoms with E-state index in [0.717, 1.165) is 30.8 Å². The molecule has 3 atom stereocenters. The molecule has 2 aromatic rings. The van der Waals surface area contributed by atoms with Crippen LogP contribution in [0.25, 0.3) is 10.9 Å². The van der Waals surface area contributed by atoms with E-state index in [1.807, 2.05) is 6.07 Å². The Labute approximate surface area is 166 Å². The van der Waals surface area contributed by atoms with Gasteiger partial charge in [-0.2, -0.15) is 0 Å². The van der Waals surface area contributed by atoms with E-state index in [4.69, 9.17) is 11.6 Å². The number of rotatable bonds is 2. The zero-order valence-electron chi connectivity index (χ0n) is 16.2. The van der Waals surface area contributed by atoms with Crippen molar-refractivity contribution in [2.45, 2.75) is 70.1 Å². The Kier molecular flexibility index (Phi) is 4.25. The molecular weight excluding hydrogens is 358 g/mol. The SMILES string of the molecule is CC1CCCCN1C(=O)Cn1c2c(c3cc(Cl)ccc31)C1CCC(C2)N1C. The lowest BCUT2D eigenvalue weighted by atomic mass is 9.97. The van der Waals surface area contributed by atoms with E-state index in [9.17, 15) is 4.79 Å². The van der Waals surface area contributed by atoms with Gasteiger partial charge in [-0.3, -0.25) is 9.69 Å². The number of nitrogens with zero attached hydrogens (tertiary/aromatic N) is 3. The van der Waals surface area contributed by atoms with Crippen LogP contribution < -0.4 is 0 Å². The van der Waals surface area contributed by atoms with Crippen LogP contribution >= 0.6 is 11.6 Å². The monoisotopic (exact) mass is 385 g/mol. The maximum atomic E-state index is 13.2. The third kappa shape index (κ3) is 2.72. The molecule has 3 aliphatic rings. The number of benzene rings is 1. The highest BCUT2D eigenvalue weighted by Crippen LogP contribution is 2.47. The highest BCUT2D eigenvalue weighted by molar-refractivity contribution is 6.31. The molecule has 1 amide bonds. The lowest BCUT2D eigenvalue weighted by Gasteiger charge is -2.35. The van der Waals surface area contributed by atoms with Crippen LogP contribution in [0.4, 0.5) is 0 Å². The van der Waals surface area contributed by atoms with Gasteiger partial charge in [-0.1, -0.05) is 11.6 Å². The van der Waals surface area contributed by atoms with E-state index in [1.54, 1.807) is 0 Å². The minimum absolute atomic E-state index is 0.267. The number of likely N-dealkylation sites (tertiary alicyclic amines) is 1. The van der Waals surface area contributed by atoms with E-state index >= 15 is 0 Å². The van der Waals surface area contributed by atoms with Crippen LogP contribution in [-0.4, -0.2) is 46.0 Å². The molecule has 5 heteroatoms. The van der Waals surface area contributed by atoms with Crippen molar-refractivity contribution in [1.82, 2.24) is 14.4 Å². The first-order valence-electron chi connectivity index (χ1n) is 10.4. The topological polar surface area (TPSA) is 28.5 Å². The lowest BCUT2D eigenvalue weighted by molar-refractivity contribution is -0.135. The number of piperidine rings is 1. The average Bonchev–Trinajstić information content (AvgIpc) is 3.06. The van der Waals surface area contributed by atoms with Gasteiger partial charge in [-0.05, 0) is 69.8 Å². The number of hydrogen-bond acceptors (Lipinski definition) is 2. The van der Waals surface area contributed by atoms with Gasteiger partial charge in [-0.25, -0.2) is 0 Å². The van der Waals surface area contributed by atoms with E-state index in [1.165, 1.54) is 41.4 Å². The van der Waals surface area contributed by atoms with E-state index in [-0.39, 0.29) is 5.91 Å². The predicted molar refractivity (Wildman–Crippen MR) is 109 cm³/mol. The second-order valence-electron chi connectivity index (χ2n) is 8.66. The first-order chi connectivity index (χ1) is 13.0. The zero-order chi connectivity index (χ0) is 18.7. The van der Waals surface area contributed by atoms with Crippen LogP contribution in [0, 0.1) is 0 Å². The van der Waals surface area contributed by atoms with Crippen LogP contribution in [0.5, 0.6) is 0 Å². The molecule has 144 valence electrons. The Hall–Kier alpha value is -1.52. The Morgan fingerprint density at radius 2 is 2.07 bits per heavy atom. The highest BCUT2D eigenvalue weighted by Gasteiger charge is 2.41. The van der Waals surface area contributed by atoms with Crippen molar-refractivity contribution in [3.05, 3.63) is 34.5 Å². The van der Waals surface area contributed by atoms with Gasteiger partial charge in [0, 0.05) is 52.7 Å². The molecule has 1 aromatic heterocycles. The molecule has 0 N–H and O–H groups in total. The third-order valence-electron chi connectivity index (χ3n) is 7.20. The van der Waals surface area contributed by atoms with Crippen LogP contribution in [0.3, 0.4) is 0 Å². The summed E-state index contributed by atoms with van der Waals surface area (Å²) in [6.45, 7) is 3.55. The fraction of sp³-hybridized carbons (Fsp3) is 0.591. The summed E-state index contributed by atoms with van der Waals surface area (Å²) in [7, 11) is 2.25. The summed E-state index contributed by atoms with van der Waals surface area (Å²) in [6, 6.07) is 7.60. The molecule has 3 aliphatic heterocycles. The molecule has 1 aromatic carbocycles. The molecular formula is C22H28ClN3O. The molecule has 0 aliphatic carbocycles. The summed E-state index contributed by atoms with van der Waals surface area (Å²) < 4.78 is 2.31. The Bertz CT molecular complexity index is 905. The summed E-state index contributed by atoms with van der Waals surface area (Å²) in [4.78, 5) is 17.8. The molecule has 2 bridgehead atoms. The van der Waals surface area contributed by atoms with Crippen molar-refractivity contribution in [1.29, 1.82) is 0 Å². The second-order valence-corrected chi connectivity index (χ2v) is 9.09. The van der Waals surface area contributed by atoms with Crippen LogP contribution in [-0.2, 0) is 17.8 Å². The third-order valence-corrected chi connectivity index (χ3v) is 7.43. The van der Waals surface area contributed by atoms with Crippen LogP contribution in [0.2, 0.25) is 5.02 Å². The first kappa shape index (κ1) is 17.6. The van der Waals surface area contributed by atoms with Crippen molar-refractivity contribution in [3.8, 4) is 0 Å². The summed E-state index contributed by atoms with van der Waals surface area (Å²) in [5.41, 5.74) is 3.96. The van der Waals surface area contributed by atoms with E-state index in [2.05, 4.69) is 40.5 Å². The van der Waals surface area contributed by atoms with Crippen LogP contribution in [0.1, 0.15) is 56.3 Å². The number of amides is 1. The van der Waals surface area contributed by atoms with Crippen molar-refractivity contribution >= 4 is 28.4 Å². The van der Waals surface area contributed by atoms with Crippen LogP contribution in [0.15, 0.2) is 18.2 Å². The Morgan fingerprint density at radius 3 is 2.89 bits per heavy atom. The van der Waals surface area contributed by atoms with Gasteiger partial charge in [0.1, 0.15) is 6.54 Å². The molecule has 2 saturated heterocycles. The maximum Gasteiger partial charge on any atom is 0.242 e. The van der Waals surface area contributed by atoms with E-state index < -0.39 is 0 Å². The van der Waals surface area contributed by atoms with Gasteiger partial charge < -0.3 is 9.47 Å². The van der Waals surface area contributed by atoms with Gasteiger partial charge in [-0.15, -0.1) is 0 Å². The Morgan fingerprint density at radius 1 is 1.22 bits per heavy atom. The molecule has 3 unspecified atom stereocenters. The normalized spacial score (nSPS) is 28.0. The fourth-order valence-corrected chi connectivity index (χ4v) is 5.87. The maximum absolute atomic E-state index is 13.2. The summed E-state index contributed by atoms with van der Waals surface area (Å²) in [5, 5.41) is 2.02. The van der Waals surface area contributed by atoms with Crippen molar-refractivity contribution < 1.29 is 4.79 Å². The van der Waals surface area contributed by atoms with Gasteiger partial charge in [0.25, 0.3) is 0 Å². The van der Waals surface area contributed by atoms with Gasteiger partial charge in [0.2, 0.25) is 5.91 Å². The number of carbonyl (C=O) groups excluding carboxylic acids is 1. The number of aromatic nitrogens is 1. The molecule has 0 radical (unpaired) electrons. The first-order valence-corrected chi connectivity index (χ1v) is 10.7. The van der Waals surface area contributed by atoms with Crippen molar-refractivity contribution in [2.24, 2.45) is 0 Å². The minimum Gasteiger partial charge on any atom is -0.338 e. The summed E-state index contributed by atoms with van der Waals surface area (Å²) in [6.07, 6.45) is 6.98. The zero-order valence-corrected chi connectivity index (χ0v) is 17.0. The average molecular weight is 386 g/mol. The molecule has 4 nitrogen and oxygen atoms in total. The Balaban J connectivity index is 1.59. The molecule has 2 fully saturated rings. The molecule has 0 spiro atoms. The highest BCUT2D eigenvalue weighted by atomic mass is 35.5. The number of halogens is 1. The largest absolute Gasteiger partial charge is 0.338 e. The van der Waals surface area contributed by atoms with Crippen molar-refractivity contribution in [3.63, 3.8) is 0 Å². The van der Waals surface area contributed by atoms with Crippen molar-refractivity contribution in [2.75, 3.05) is 13.6 Å². The number of likely N-dealkylation sites (N-methyl/N-ethyl adjacent to an activating group) is 1. The number of carbonyl (C=O) groups is 1. The van der Waals surface area contributed by atoms with E-state index in [0.29, 0.717) is 24.7 Å². The second kappa shape index (κ2) is 6.52. The van der Waals surface area contributed by atoms with Gasteiger partial charge >= 0.3 is 0 Å². The smallest absolute Gasteiger partial charge is 0.242 e. The predicted octanol–water partition coefficient (Wildman–Crippen LogP) is 4.39. The fourth-order valence-electron chi connectivity index (χ4n) is 5.70. The summed E-state index contributed by atoms with van der Waals surface area (Å²) in [5.74, 6) is 0.267. The standard InChI is InChI=1S/C22H28ClN3O/c1-14-5-3-4-10-25(14)21(27)13-26-18-8-6-15(23)11-17(18)22-19-9-7-16(24(19)2)12-20(22)26/h6,8,11,14,16,19H,3-5,7,9-10,12-13H2,1-2H3. The number of fused-ring (bicyclic) bond motifs is 6. The lowest BCUT2D eigenvalue weighted by Crippen LogP contribution is -2.44. The molecule has 5 rings (SSSR count). The molecule has 4 heterocycles. The minimum atomic E-state index is 0.267. The molecule has 0 saturated carbocycles. The van der Waals surface area contributed by atoms with Gasteiger partial charge in [0.15, 0.2) is 0 Å².